The molecule has 2 unspecified atom stereocenters. The summed E-state index contributed by atoms with van der Waals surface area (Å²) in [6.45, 7) is 6.19. The van der Waals surface area contributed by atoms with E-state index in [-0.39, 0.29) is 25.4 Å². The van der Waals surface area contributed by atoms with Crippen molar-refractivity contribution in [2.75, 3.05) is 13.2 Å². The van der Waals surface area contributed by atoms with Crippen LogP contribution in [-0.4, -0.2) is 47.6 Å². The van der Waals surface area contributed by atoms with E-state index in [4.69, 9.17) is 9.47 Å². The van der Waals surface area contributed by atoms with E-state index in [0.29, 0.717) is 6.42 Å². The molecule has 0 aromatic heterocycles. The summed E-state index contributed by atoms with van der Waals surface area (Å²) in [5.41, 5.74) is 0. The molecule has 0 saturated carbocycles. The lowest BCUT2D eigenvalue weighted by atomic mass is 9.99. The van der Waals surface area contributed by atoms with Gasteiger partial charge in [0.2, 0.25) is 0 Å². The molecular formula is C46H78O6. The van der Waals surface area contributed by atoms with Gasteiger partial charge in [-0.1, -0.05) is 190 Å². The van der Waals surface area contributed by atoms with Crippen molar-refractivity contribution >= 4 is 11.9 Å². The monoisotopic (exact) mass is 727 g/mol. The Morgan fingerprint density at radius 2 is 1.06 bits per heavy atom. The highest BCUT2D eigenvalue weighted by Crippen LogP contribution is 2.16. The minimum Gasteiger partial charge on any atom is -0.462 e. The van der Waals surface area contributed by atoms with Crippen LogP contribution in [0.3, 0.4) is 0 Å². The van der Waals surface area contributed by atoms with E-state index >= 15 is 0 Å². The van der Waals surface area contributed by atoms with Crippen LogP contribution in [0.15, 0.2) is 72.9 Å². The van der Waals surface area contributed by atoms with Crippen molar-refractivity contribution in [1.82, 2.24) is 0 Å². The number of aliphatic hydroxyl groups excluding tert-OH is 2. The molecule has 298 valence electrons. The van der Waals surface area contributed by atoms with Crippen LogP contribution in [0.25, 0.3) is 0 Å². The van der Waals surface area contributed by atoms with Crippen LogP contribution in [0, 0.1) is 5.92 Å². The van der Waals surface area contributed by atoms with Crippen molar-refractivity contribution in [2.45, 2.75) is 187 Å². The number of aliphatic hydroxyl groups is 2. The number of hydrogen-bond donors (Lipinski definition) is 2. The Balaban J connectivity index is 3.78. The second-order valence-electron chi connectivity index (χ2n) is 14.1. The summed E-state index contributed by atoms with van der Waals surface area (Å²) >= 11 is 0. The van der Waals surface area contributed by atoms with Gasteiger partial charge in [0.1, 0.15) is 6.61 Å². The Labute approximate surface area is 319 Å². The standard InChI is InChI=1S/C46H78O6/c1-4-6-7-8-9-10-11-12-13-14-18-21-24-27-30-33-36-43(48)38-39-45(49)51-41-44(40-47)52-46(50)37-34-31-28-25-22-19-16-15-17-20-23-26-29-32-35-42(3)5-2/h6-7,9-10,12-13,18,21,27,30,33,36,42-44,47-48H,4-5,8,11,14-17,19-20,22-26,28-29,31-32,34-35,37-41H2,1-3H3/b7-6-,10-9-,13-12-,21-18-,30-27-,36-33-/t42?,43?,44-/m0/s1. The zero-order valence-electron chi connectivity index (χ0n) is 33.6. The van der Waals surface area contributed by atoms with Crippen molar-refractivity contribution < 1.29 is 29.3 Å². The fourth-order valence-corrected chi connectivity index (χ4v) is 5.58. The number of allylic oxidation sites excluding steroid dienone is 11. The predicted octanol–water partition coefficient (Wildman–Crippen LogP) is 12.2. The second-order valence-corrected chi connectivity index (χ2v) is 14.1. The SMILES string of the molecule is CC/C=C\C/C=C\C/C=C\C/C=C\C/C=C\C=C/C(O)CCC(=O)OC[C@H](CO)OC(=O)CCCCCCCCCCCCCCCCC(C)CC. The van der Waals surface area contributed by atoms with Crippen LogP contribution in [0.5, 0.6) is 0 Å². The maximum Gasteiger partial charge on any atom is 0.306 e. The number of esters is 2. The third kappa shape index (κ3) is 37.1. The fraction of sp³-hybridized carbons (Fsp3) is 0.696. The molecule has 0 spiro atoms. The molecule has 0 aromatic rings. The van der Waals surface area contributed by atoms with E-state index in [0.717, 1.165) is 57.3 Å². The van der Waals surface area contributed by atoms with Gasteiger partial charge < -0.3 is 19.7 Å². The fourth-order valence-electron chi connectivity index (χ4n) is 5.58. The van der Waals surface area contributed by atoms with Gasteiger partial charge in [-0.3, -0.25) is 9.59 Å². The summed E-state index contributed by atoms with van der Waals surface area (Å²) in [6, 6.07) is 0. The van der Waals surface area contributed by atoms with Crippen LogP contribution in [0.4, 0.5) is 0 Å². The topological polar surface area (TPSA) is 93.1 Å². The summed E-state index contributed by atoms with van der Waals surface area (Å²) in [4.78, 5) is 24.3. The van der Waals surface area contributed by atoms with Crippen LogP contribution in [0.1, 0.15) is 175 Å². The van der Waals surface area contributed by atoms with Crippen LogP contribution in [0.2, 0.25) is 0 Å². The highest BCUT2D eigenvalue weighted by atomic mass is 16.6. The molecule has 0 fully saturated rings. The van der Waals surface area contributed by atoms with Gasteiger partial charge in [-0.25, -0.2) is 0 Å². The Morgan fingerprint density at radius 3 is 1.56 bits per heavy atom. The first-order valence-corrected chi connectivity index (χ1v) is 21.0. The lowest BCUT2D eigenvalue weighted by Crippen LogP contribution is -2.28. The third-order valence-corrected chi connectivity index (χ3v) is 9.17. The van der Waals surface area contributed by atoms with E-state index in [1.54, 1.807) is 12.2 Å². The molecule has 6 heteroatoms. The van der Waals surface area contributed by atoms with Gasteiger partial charge in [0.05, 0.1) is 12.7 Å². The van der Waals surface area contributed by atoms with Gasteiger partial charge in [0.25, 0.3) is 0 Å². The Morgan fingerprint density at radius 1 is 0.577 bits per heavy atom. The molecule has 0 aromatic carbocycles. The zero-order chi connectivity index (χ0) is 38.2. The maximum atomic E-state index is 12.2. The first-order chi connectivity index (χ1) is 25.4. The summed E-state index contributed by atoms with van der Waals surface area (Å²) in [5.74, 6) is 0.0155. The first-order valence-electron chi connectivity index (χ1n) is 21.0. The van der Waals surface area contributed by atoms with Crippen molar-refractivity contribution in [2.24, 2.45) is 5.92 Å². The molecule has 6 nitrogen and oxygen atoms in total. The molecule has 0 saturated heterocycles. The van der Waals surface area contributed by atoms with E-state index in [1.807, 2.05) is 12.2 Å². The summed E-state index contributed by atoms with van der Waals surface area (Å²) in [6.07, 6.45) is 48.6. The molecule has 0 rings (SSSR count). The molecule has 3 atom stereocenters. The Bertz CT molecular complexity index is 991. The van der Waals surface area contributed by atoms with Gasteiger partial charge in [0.15, 0.2) is 6.10 Å². The van der Waals surface area contributed by atoms with Gasteiger partial charge in [0, 0.05) is 12.8 Å². The second kappa shape index (κ2) is 39.5. The van der Waals surface area contributed by atoms with Crippen molar-refractivity contribution in [3.05, 3.63) is 72.9 Å². The molecule has 0 aliphatic heterocycles. The molecule has 0 amide bonds. The van der Waals surface area contributed by atoms with Gasteiger partial charge in [-0.05, 0) is 50.9 Å². The molecule has 0 heterocycles. The molecule has 0 aliphatic carbocycles. The summed E-state index contributed by atoms with van der Waals surface area (Å²) in [7, 11) is 0. The number of carbonyl (C=O) groups is 2. The smallest absolute Gasteiger partial charge is 0.306 e. The minimum atomic E-state index is -0.869. The zero-order valence-corrected chi connectivity index (χ0v) is 33.6. The van der Waals surface area contributed by atoms with Crippen LogP contribution in [-0.2, 0) is 19.1 Å². The average molecular weight is 727 g/mol. The number of carbonyl (C=O) groups excluding carboxylic acids is 2. The first kappa shape index (κ1) is 49.3. The van der Waals surface area contributed by atoms with E-state index in [9.17, 15) is 19.8 Å². The Hall–Kier alpha value is -2.70. The Kier molecular flexibility index (Phi) is 37.5. The summed E-state index contributed by atoms with van der Waals surface area (Å²) in [5, 5.41) is 19.7. The highest BCUT2D eigenvalue weighted by molar-refractivity contribution is 5.70. The van der Waals surface area contributed by atoms with Crippen LogP contribution < -0.4 is 0 Å². The van der Waals surface area contributed by atoms with Gasteiger partial charge in [-0.2, -0.15) is 0 Å². The lowest BCUT2D eigenvalue weighted by Gasteiger charge is -2.16. The normalized spacial score (nSPS) is 14.2. The van der Waals surface area contributed by atoms with Crippen molar-refractivity contribution in [1.29, 1.82) is 0 Å². The van der Waals surface area contributed by atoms with E-state index in [2.05, 4.69) is 69.4 Å². The highest BCUT2D eigenvalue weighted by Gasteiger charge is 2.16. The number of unbranched alkanes of at least 4 members (excludes halogenated alkanes) is 13. The number of hydrogen-bond acceptors (Lipinski definition) is 6. The predicted molar refractivity (Wildman–Crippen MR) is 220 cm³/mol. The quantitative estimate of drug-likeness (QED) is 0.0289. The molecule has 0 radical (unpaired) electrons. The van der Waals surface area contributed by atoms with Gasteiger partial charge in [-0.15, -0.1) is 0 Å². The van der Waals surface area contributed by atoms with E-state index in [1.165, 1.54) is 83.5 Å². The average Bonchev–Trinajstić information content (AvgIpc) is 3.14. The third-order valence-electron chi connectivity index (χ3n) is 9.17. The minimum absolute atomic E-state index is 0.0298. The van der Waals surface area contributed by atoms with Crippen molar-refractivity contribution in [3.63, 3.8) is 0 Å². The maximum absolute atomic E-state index is 12.2. The molecule has 0 aliphatic rings. The summed E-state index contributed by atoms with van der Waals surface area (Å²) < 4.78 is 10.5. The lowest BCUT2D eigenvalue weighted by molar-refractivity contribution is -0.161. The van der Waals surface area contributed by atoms with E-state index < -0.39 is 24.8 Å². The van der Waals surface area contributed by atoms with Crippen LogP contribution >= 0.6 is 0 Å². The molecule has 2 N–H and O–H groups in total. The molecule has 52 heavy (non-hydrogen) atoms. The number of rotatable bonds is 36. The molecular weight excluding hydrogens is 648 g/mol. The van der Waals surface area contributed by atoms with Crippen molar-refractivity contribution in [3.8, 4) is 0 Å². The number of ether oxygens (including phenoxy) is 2. The largest absolute Gasteiger partial charge is 0.462 e. The molecule has 0 bridgehead atoms. The van der Waals surface area contributed by atoms with Gasteiger partial charge >= 0.3 is 11.9 Å².